The van der Waals surface area contributed by atoms with E-state index >= 15 is 0 Å². The smallest absolute Gasteiger partial charge is 0.262 e. The second kappa shape index (κ2) is 5.34. The maximum absolute atomic E-state index is 12.1. The standard InChI is InChI=1S/C13H15N3O3S/c1-7-2-8-12(19-4-11(17)15-8)9(3-7)16-13(18)10-5-20-6-14-10/h2-3,10,14H,4-6H2,1H3,(H,15,17)(H,16,18). The minimum Gasteiger partial charge on any atom is -0.479 e. The molecule has 6 nitrogen and oxygen atoms in total. The summed E-state index contributed by atoms with van der Waals surface area (Å²) in [7, 11) is 0. The molecule has 20 heavy (non-hydrogen) atoms. The highest BCUT2D eigenvalue weighted by atomic mass is 32.2. The van der Waals surface area contributed by atoms with E-state index in [-0.39, 0.29) is 24.5 Å². The van der Waals surface area contributed by atoms with Crippen LogP contribution in [0.25, 0.3) is 0 Å². The van der Waals surface area contributed by atoms with E-state index in [2.05, 4.69) is 16.0 Å². The zero-order valence-corrected chi connectivity index (χ0v) is 11.8. The van der Waals surface area contributed by atoms with E-state index < -0.39 is 0 Å². The molecule has 3 N–H and O–H groups in total. The van der Waals surface area contributed by atoms with Crippen molar-refractivity contribution >= 4 is 35.0 Å². The third-order valence-electron chi connectivity index (χ3n) is 3.15. The van der Waals surface area contributed by atoms with Crippen molar-refractivity contribution in [2.24, 2.45) is 0 Å². The molecule has 2 aliphatic rings. The lowest BCUT2D eigenvalue weighted by Gasteiger charge is -2.22. The summed E-state index contributed by atoms with van der Waals surface area (Å²) in [5.41, 5.74) is 2.15. The number of hydrogen-bond acceptors (Lipinski definition) is 5. The lowest BCUT2D eigenvalue weighted by atomic mass is 10.1. The topological polar surface area (TPSA) is 79.5 Å². The molecule has 2 heterocycles. The summed E-state index contributed by atoms with van der Waals surface area (Å²) in [4.78, 5) is 23.5. The number of nitrogens with one attached hydrogen (secondary N) is 3. The van der Waals surface area contributed by atoms with Crippen LogP contribution in [-0.2, 0) is 9.59 Å². The van der Waals surface area contributed by atoms with Crippen molar-refractivity contribution in [3.8, 4) is 5.75 Å². The number of carbonyl (C=O) groups is 2. The van der Waals surface area contributed by atoms with Crippen LogP contribution in [0.4, 0.5) is 11.4 Å². The van der Waals surface area contributed by atoms with Crippen molar-refractivity contribution in [2.75, 3.05) is 28.9 Å². The van der Waals surface area contributed by atoms with Gasteiger partial charge in [-0.3, -0.25) is 14.9 Å². The Balaban J connectivity index is 1.85. The molecule has 1 saturated heterocycles. The summed E-state index contributed by atoms with van der Waals surface area (Å²) < 4.78 is 5.43. The van der Waals surface area contributed by atoms with Crippen LogP contribution in [0.2, 0.25) is 0 Å². The Morgan fingerprint density at radius 3 is 3.10 bits per heavy atom. The van der Waals surface area contributed by atoms with Crippen molar-refractivity contribution in [3.05, 3.63) is 17.7 Å². The summed E-state index contributed by atoms with van der Waals surface area (Å²) in [5.74, 6) is 1.81. The Hall–Kier alpha value is -1.73. The van der Waals surface area contributed by atoms with Crippen molar-refractivity contribution < 1.29 is 14.3 Å². The molecule has 1 fully saturated rings. The summed E-state index contributed by atoms with van der Waals surface area (Å²) in [6.45, 7) is 1.87. The van der Waals surface area contributed by atoms with Crippen molar-refractivity contribution in [1.29, 1.82) is 0 Å². The number of ether oxygens (including phenoxy) is 1. The van der Waals surface area contributed by atoms with Crippen LogP contribution >= 0.6 is 11.8 Å². The Kier molecular flexibility index (Phi) is 3.54. The van der Waals surface area contributed by atoms with Gasteiger partial charge >= 0.3 is 0 Å². The molecule has 2 aliphatic heterocycles. The highest BCUT2D eigenvalue weighted by molar-refractivity contribution is 7.99. The fourth-order valence-electron chi connectivity index (χ4n) is 2.22. The molecule has 106 valence electrons. The molecule has 0 bridgehead atoms. The Labute approximate surface area is 120 Å². The third kappa shape index (κ3) is 2.59. The summed E-state index contributed by atoms with van der Waals surface area (Å²) in [6.07, 6.45) is 0. The zero-order valence-electron chi connectivity index (χ0n) is 11.0. The number of fused-ring (bicyclic) bond motifs is 1. The second-order valence-corrected chi connectivity index (χ2v) is 5.82. The van der Waals surface area contributed by atoms with E-state index in [9.17, 15) is 9.59 Å². The number of rotatable bonds is 2. The fraction of sp³-hybridized carbons (Fsp3) is 0.385. The number of benzene rings is 1. The Bertz CT molecular complexity index is 570. The molecule has 1 aromatic carbocycles. The fourth-order valence-corrected chi connectivity index (χ4v) is 3.16. The largest absolute Gasteiger partial charge is 0.479 e. The lowest BCUT2D eigenvalue weighted by Crippen LogP contribution is -2.37. The van der Waals surface area contributed by atoms with E-state index in [0.29, 0.717) is 17.1 Å². The maximum atomic E-state index is 12.1. The number of anilines is 2. The molecule has 1 aromatic rings. The van der Waals surface area contributed by atoms with Crippen molar-refractivity contribution in [2.45, 2.75) is 13.0 Å². The average molecular weight is 293 g/mol. The predicted octanol–water partition coefficient (Wildman–Crippen LogP) is 0.927. The van der Waals surface area contributed by atoms with E-state index in [1.165, 1.54) is 0 Å². The molecule has 3 rings (SSSR count). The first-order valence-electron chi connectivity index (χ1n) is 6.33. The van der Waals surface area contributed by atoms with Crippen LogP contribution in [0.3, 0.4) is 0 Å². The van der Waals surface area contributed by atoms with Gasteiger partial charge in [-0.15, -0.1) is 11.8 Å². The first-order chi connectivity index (χ1) is 9.63. The molecule has 2 amide bonds. The summed E-state index contributed by atoms with van der Waals surface area (Å²) >= 11 is 1.69. The van der Waals surface area contributed by atoms with E-state index in [0.717, 1.165) is 17.2 Å². The highest BCUT2D eigenvalue weighted by Gasteiger charge is 2.25. The maximum Gasteiger partial charge on any atom is 0.262 e. The number of aryl methyl sites for hydroxylation is 1. The average Bonchev–Trinajstić information content (AvgIpc) is 2.91. The van der Waals surface area contributed by atoms with Gasteiger partial charge in [0.1, 0.15) is 0 Å². The summed E-state index contributed by atoms with van der Waals surface area (Å²) in [5, 5.41) is 8.74. The van der Waals surface area contributed by atoms with E-state index in [4.69, 9.17) is 4.74 Å². The van der Waals surface area contributed by atoms with E-state index in [1.807, 2.05) is 19.1 Å². The number of carbonyl (C=O) groups excluding carboxylic acids is 2. The van der Waals surface area contributed by atoms with Crippen LogP contribution < -0.4 is 20.7 Å². The minimum absolute atomic E-state index is 0.0313. The molecule has 0 spiro atoms. The van der Waals surface area contributed by atoms with Gasteiger partial charge in [-0.25, -0.2) is 0 Å². The van der Waals surface area contributed by atoms with Gasteiger partial charge in [-0.1, -0.05) is 0 Å². The molecule has 0 aliphatic carbocycles. The molecule has 7 heteroatoms. The highest BCUT2D eigenvalue weighted by Crippen LogP contribution is 2.37. The van der Waals surface area contributed by atoms with Gasteiger partial charge in [0.05, 0.1) is 17.4 Å². The van der Waals surface area contributed by atoms with Gasteiger partial charge in [0.25, 0.3) is 5.91 Å². The van der Waals surface area contributed by atoms with Crippen LogP contribution in [-0.4, -0.2) is 36.1 Å². The molecule has 0 aromatic heterocycles. The third-order valence-corrected chi connectivity index (χ3v) is 4.09. The monoisotopic (exact) mass is 293 g/mol. The Morgan fingerprint density at radius 1 is 1.50 bits per heavy atom. The molecular formula is C13H15N3O3S. The van der Waals surface area contributed by atoms with Gasteiger partial charge in [-0.05, 0) is 24.6 Å². The zero-order chi connectivity index (χ0) is 14.1. The summed E-state index contributed by atoms with van der Waals surface area (Å²) in [6, 6.07) is 3.48. The molecule has 0 radical (unpaired) electrons. The van der Waals surface area contributed by atoms with E-state index in [1.54, 1.807) is 11.8 Å². The number of hydrogen-bond donors (Lipinski definition) is 3. The van der Waals surface area contributed by atoms with Crippen LogP contribution in [0.1, 0.15) is 5.56 Å². The predicted molar refractivity (Wildman–Crippen MR) is 78.2 cm³/mol. The van der Waals surface area contributed by atoms with Crippen molar-refractivity contribution in [1.82, 2.24) is 5.32 Å². The van der Waals surface area contributed by atoms with Gasteiger partial charge in [-0.2, -0.15) is 0 Å². The quantitative estimate of drug-likeness (QED) is 0.756. The van der Waals surface area contributed by atoms with Gasteiger partial charge in [0.15, 0.2) is 12.4 Å². The lowest BCUT2D eigenvalue weighted by molar-refractivity contribution is -0.118. The van der Waals surface area contributed by atoms with Crippen LogP contribution in [0, 0.1) is 6.92 Å². The van der Waals surface area contributed by atoms with Gasteiger partial charge in [0.2, 0.25) is 5.91 Å². The number of amides is 2. The molecule has 1 unspecified atom stereocenters. The minimum atomic E-state index is -0.186. The number of thioether (sulfide) groups is 1. The normalized spacial score (nSPS) is 20.9. The van der Waals surface area contributed by atoms with Crippen LogP contribution in [0.15, 0.2) is 12.1 Å². The Morgan fingerprint density at radius 2 is 2.35 bits per heavy atom. The first-order valence-corrected chi connectivity index (χ1v) is 7.48. The van der Waals surface area contributed by atoms with Gasteiger partial charge in [0, 0.05) is 11.6 Å². The molecular weight excluding hydrogens is 278 g/mol. The SMILES string of the molecule is Cc1cc2c(c(NC(=O)C3CSCN3)c1)OCC(=O)N2. The van der Waals surface area contributed by atoms with Crippen LogP contribution in [0.5, 0.6) is 5.75 Å². The first kappa shape index (κ1) is 13.3. The molecule has 0 saturated carbocycles. The van der Waals surface area contributed by atoms with Gasteiger partial charge < -0.3 is 15.4 Å². The second-order valence-electron chi connectivity index (χ2n) is 4.79. The van der Waals surface area contributed by atoms with Crippen molar-refractivity contribution in [3.63, 3.8) is 0 Å². The molecule has 1 atom stereocenters.